The van der Waals surface area contributed by atoms with Crippen molar-refractivity contribution in [1.29, 1.82) is 0 Å². The van der Waals surface area contributed by atoms with Gasteiger partial charge in [-0.15, -0.1) is 0 Å². The maximum absolute atomic E-state index is 11.5. The van der Waals surface area contributed by atoms with Gasteiger partial charge < -0.3 is 9.84 Å². The number of carbonyl (C=O) groups is 2. The second-order valence-electron chi connectivity index (χ2n) is 3.77. The molecule has 0 heterocycles. The van der Waals surface area contributed by atoms with Crippen LogP contribution in [-0.4, -0.2) is 28.9 Å². The Morgan fingerprint density at radius 2 is 2.13 bits per heavy atom. The van der Waals surface area contributed by atoms with E-state index >= 15 is 0 Å². The van der Waals surface area contributed by atoms with Crippen LogP contribution in [-0.2, 0) is 14.3 Å². The van der Waals surface area contributed by atoms with Crippen molar-refractivity contribution < 1.29 is 19.4 Å². The van der Waals surface area contributed by atoms with Crippen LogP contribution in [0.25, 0.3) is 0 Å². The Labute approximate surface area is 94.4 Å². The molecule has 4 nitrogen and oxygen atoms in total. The van der Waals surface area contributed by atoms with Crippen molar-refractivity contribution in [3.63, 3.8) is 0 Å². The van der Waals surface area contributed by atoms with Gasteiger partial charge in [-0.3, -0.25) is 9.59 Å². The van der Waals surface area contributed by atoms with Gasteiger partial charge in [0.25, 0.3) is 0 Å². The van der Waals surface area contributed by atoms with Gasteiger partial charge in [-0.2, -0.15) is 12.6 Å². The minimum atomic E-state index is -0.829. The summed E-state index contributed by atoms with van der Waals surface area (Å²) in [6.45, 7) is 2.07. The molecule has 1 fully saturated rings. The van der Waals surface area contributed by atoms with E-state index < -0.39 is 11.9 Å². The van der Waals surface area contributed by atoms with Gasteiger partial charge in [-0.25, -0.2) is 0 Å². The number of aliphatic carboxylic acids is 1. The van der Waals surface area contributed by atoms with Crippen LogP contribution in [0.15, 0.2) is 0 Å². The fourth-order valence-electron chi connectivity index (χ4n) is 1.88. The quantitative estimate of drug-likeness (QED) is 0.569. The second kappa shape index (κ2) is 5.39. The van der Waals surface area contributed by atoms with Crippen LogP contribution in [0, 0.1) is 11.8 Å². The molecule has 3 atom stereocenters. The smallest absolute Gasteiger partial charge is 0.310 e. The van der Waals surface area contributed by atoms with Gasteiger partial charge in [0.15, 0.2) is 0 Å². The summed E-state index contributed by atoms with van der Waals surface area (Å²) in [5.41, 5.74) is 0. The van der Waals surface area contributed by atoms with Crippen molar-refractivity contribution in [1.82, 2.24) is 0 Å². The van der Waals surface area contributed by atoms with Crippen LogP contribution in [0.4, 0.5) is 0 Å². The highest BCUT2D eigenvalue weighted by atomic mass is 32.1. The van der Waals surface area contributed by atoms with E-state index in [1.165, 1.54) is 0 Å². The van der Waals surface area contributed by atoms with Crippen molar-refractivity contribution in [2.75, 3.05) is 6.61 Å². The lowest BCUT2D eigenvalue weighted by atomic mass is 9.81. The Kier molecular flexibility index (Phi) is 4.45. The van der Waals surface area contributed by atoms with E-state index in [2.05, 4.69) is 12.6 Å². The van der Waals surface area contributed by atoms with Gasteiger partial charge in [-0.1, -0.05) is 0 Å². The maximum Gasteiger partial charge on any atom is 0.310 e. The molecular formula is C10H16O4S. The van der Waals surface area contributed by atoms with Crippen LogP contribution in [0.5, 0.6) is 0 Å². The summed E-state index contributed by atoms with van der Waals surface area (Å²) in [5, 5.41) is 8.81. The molecule has 1 aliphatic rings. The fraction of sp³-hybridized carbons (Fsp3) is 0.800. The Bertz CT molecular complexity index is 254. The van der Waals surface area contributed by atoms with Crippen LogP contribution < -0.4 is 0 Å². The zero-order valence-corrected chi connectivity index (χ0v) is 9.57. The number of hydrogen-bond acceptors (Lipinski definition) is 4. The topological polar surface area (TPSA) is 63.6 Å². The number of carboxylic acids is 1. The summed E-state index contributed by atoms with van der Waals surface area (Å²) < 4.78 is 4.90. The molecule has 0 aromatic heterocycles. The lowest BCUT2D eigenvalue weighted by Crippen LogP contribution is -2.35. The van der Waals surface area contributed by atoms with E-state index in [0.717, 1.165) is 0 Å². The molecule has 0 bridgehead atoms. The Morgan fingerprint density at radius 3 is 2.67 bits per heavy atom. The molecule has 1 N–H and O–H groups in total. The van der Waals surface area contributed by atoms with Gasteiger partial charge in [0.05, 0.1) is 18.4 Å². The Hall–Kier alpha value is -0.710. The monoisotopic (exact) mass is 232 g/mol. The molecule has 15 heavy (non-hydrogen) atoms. The van der Waals surface area contributed by atoms with Crippen LogP contribution in [0.3, 0.4) is 0 Å². The average Bonchev–Trinajstić information content (AvgIpc) is 2.18. The van der Waals surface area contributed by atoms with Crippen LogP contribution in [0.2, 0.25) is 0 Å². The van der Waals surface area contributed by atoms with Crippen molar-refractivity contribution in [2.24, 2.45) is 11.8 Å². The third-order valence-electron chi connectivity index (χ3n) is 2.75. The highest BCUT2D eigenvalue weighted by molar-refractivity contribution is 7.81. The molecule has 3 unspecified atom stereocenters. The lowest BCUT2D eigenvalue weighted by molar-refractivity contribution is -0.151. The highest BCUT2D eigenvalue weighted by Gasteiger charge is 2.37. The number of carbonyl (C=O) groups excluding carboxylic acids is 1. The van der Waals surface area contributed by atoms with E-state index in [0.29, 0.717) is 25.9 Å². The van der Waals surface area contributed by atoms with E-state index in [9.17, 15) is 9.59 Å². The normalized spacial score (nSPS) is 30.9. The van der Waals surface area contributed by atoms with Crippen LogP contribution in [0.1, 0.15) is 26.2 Å². The minimum Gasteiger partial charge on any atom is -0.481 e. The van der Waals surface area contributed by atoms with Gasteiger partial charge in [-0.05, 0) is 26.2 Å². The molecule has 1 aliphatic carbocycles. The summed E-state index contributed by atoms with van der Waals surface area (Å²) >= 11 is 4.30. The first kappa shape index (κ1) is 12.4. The lowest BCUT2D eigenvalue weighted by Gasteiger charge is -2.29. The average molecular weight is 232 g/mol. The number of carboxylic acid groups (broad SMARTS) is 1. The number of hydrogen-bond donors (Lipinski definition) is 2. The second-order valence-corrected chi connectivity index (χ2v) is 4.44. The molecule has 0 aromatic rings. The third kappa shape index (κ3) is 3.12. The first-order valence-electron chi connectivity index (χ1n) is 5.13. The highest BCUT2D eigenvalue weighted by Crippen LogP contribution is 2.33. The standard InChI is InChI=1S/C10H16O4S/c1-2-14-10(13)7-5-6(9(11)12)3-4-8(7)15/h6-8,15H,2-5H2,1H3,(H,11,12). The summed E-state index contributed by atoms with van der Waals surface area (Å²) in [6, 6.07) is 0. The zero-order chi connectivity index (χ0) is 11.4. The molecule has 1 saturated carbocycles. The Morgan fingerprint density at radius 1 is 1.47 bits per heavy atom. The molecule has 0 aliphatic heterocycles. The number of rotatable bonds is 3. The van der Waals surface area contributed by atoms with Crippen molar-refractivity contribution in [3.8, 4) is 0 Å². The number of thiol groups is 1. The van der Waals surface area contributed by atoms with Gasteiger partial charge in [0.2, 0.25) is 0 Å². The molecular weight excluding hydrogens is 216 g/mol. The van der Waals surface area contributed by atoms with Crippen LogP contribution >= 0.6 is 12.6 Å². The molecule has 5 heteroatoms. The maximum atomic E-state index is 11.5. The molecule has 1 rings (SSSR count). The largest absolute Gasteiger partial charge is 0.481 e. The van der Waals surface area contributed by atoms with Gasteiger partial charge >= 0.3 is 11.9 Å². The third-order valence-corrected chi connectivity index (χ3v) is 3.37. The molecule has 0 spiro atoms. The predicted octanol–water partition coefficient (Wildman–Crippen LogP) is 1.35. The molecule has 0 amide bonds. The summed E-state index contributed by atoms with van der Waals surface area (Å²) in [7, 11) is 0. The molecule has 0 radical (unpaired) electrons. The van der Waals surface area contributed by atoms with Crippen molar-refractivity contribution in [2.45, 2.75) is 31.4 Å². The first-order chi connectivity index (χ1) is 7.06. The summed E-state index contributed by atoms with van der Waals surface area (Å²) in [4.78, 5) is 22.3. The van der Waals surface area contributed by atoms with E-state index in [1.807, 2.05) is 0 Å². The molecule has 86 valence electrons. The van der Waals surface area contributed by atoms with E-state index in [1.54, 1.807) is 6.92 Å². The van der Waals surface area contributed by atoms with E-state index in [4.69, 9.17) is 9.84 Å². The van der Waals surface area contributed by atoms with Gasteiger partial charge in [0, 0.05) is 5.25 Å². The van der Waals surface area contributed by atoms with Gasteiger partial charge in [0.1, 0.15) is 0 Å². The minimum absolute atomic E-state index is 0.0698. The van der Waals surface area contributed by atoms with Crippen molar-refractivity contribution in [3.05, 3.63) is 0 Å². The Balaban J connectivity index is 2.60. The fourth-order valence-corrected chi connectivity index (χ4v) is 2.27. The van der Waals surface area contributed by atoms with E-state index in [-0.39, 0.29) is 17.1 Å². The zero-order valence-electron chi connectivity index (χ0n) is 8.68. The SMILES string of the molecule is CCOC(=O)C1CC(C(=O)O)CCC1S. The molecule has 0 saturated heterocycles. The summed E-state index contributed by atoms with van der Waals surface area (Å²) in [5.74, 6) is -1.95. The molecule has 0 aromatic carbocycles. The number of ether oxygens (including phenoxy) is 1. The predicted molar refractivity (Wildman–Crippen MR) is 57.9 cm³/mol. The summed E-state index contributed by atoms with van der Waals surface area (Å²) in [6.07, 6.45) is 1.60. The number of esters is 1. The first-order valence-corrected chi connectivity index (χ1v) is 5.65. The van der Waals surface area contributed by atoms with Crippen molar-refractivity contribution >= 4 is 24.6 Å².